The molecule has 0 fully saturated rings. The minimum absolute atomic E-state index is 0.129. The number of halogens is 1. The number of hydrogen-bond donors (Lipinski definition) is 2. The van der Waals surface area contributed by atoms with Gasteiger partial charge in [0.05, 0.1) is 22.8 Å². The number of nitrogens with one attached hydrogen (secondary N) is 1. The van der Waals surface area contributed by atoms with Gasteiger partial charge in [-0.25, -0.2) is 14.8 Å². The second-order valence-corrected chi connectivity index (χ2v) is 8.64. The van der Waals surface area contributed by atoms with E-state index in [9.17, 15) is 9.90 Å². The second kappa shape index (κ2) is 10.6. The first kappa shape index (κ1) is 23.6. The summed E-state index contributed by atoms with van der Waals surface area (Å²) in [7, 11) is 2.03. The highest BCUT2D eigenvalue weighted by Gasteiger charge is 2.15. The second-order valence-electron chi connectivity index (χ2n) is 8.23. The Morgan fingerprint density at radius 2 is 1.94 bits per heavy atom. The first-order valence-corrected chi connectivity index (χ1v) is 11.6. The molecule has 0 aliphatic carbocycles. The molecule has 4 rings (SSSR count). The number of benzene rings is 2. The Kier molecular flexibility index (Phi) is 7.33. The van der Waals surface area contributed by atoms with Gasteiger partial charge in [-0.15, -0.1) is 0 Å². The van der Waals surface area contributed by atoms with Crippen LogP contribution in [0.2, 0.25) is 5.02 Å². The standard InChI is InChI=1S/C26H27ClN4O3/c1-17(34-24-13-6-4-10-21(24)27)14-28-26-29-15-20(25(32)33)22(30-26)11-7-8-18-16-31(2)23-12-5-3-9-19(18)23/h3-6,9-10,12-13,15-17H,7-8,11,14H2,1-2H3,(H,32,33)(H,28,29,30). The molecule has 0 spiro atoms. The molecule has 2 aromatic carbocycles. The van der Waals surface area contributed by atoms with Crippen LogP contribution in [0, 0.1) is 0 Å². The van der Waals surface area contributed by atoms with Crippen molar-refractivity contribution in [2.24, 2.45) is 7.05 Å². The van der Waals surface area contributed by atoms with E-state index < -0.39 is 5.97 Å². The van der Waals surface area contributed by atoms with E-state index in [-0.39, 0.29) is 11.7 Å². The Bertz CT molecular complexity index is 1300. The average molecular weight is 479 g/mol. The summed E-state index contributed by atoms with van der Waals surface area (Å²) < 4.78 is 7.98. The Balaban J connectivity index is 1.40. The van der Waals surface area contributed by atoms with Crippen molar-refractivity contribution in [3.05, 3.63) is 82.8 Å². The molecule has 0 aliphatic heterocycles. The third-order valence-corrected chi connectivity index (χ3v) is 5.96. The van der Waals surface area contributed by atoms with Gasteiger partial charge in [-0.3, -0.25) is 0 Å². The average Bonchev–Trinajstić information content (AvgIpc) is 3.15. The molecule has 0 amide bonds. The van der Waals surface area contributed by atoms with Crippen LogP contribution in [0.1, 0.15) is 35.0 Å². The summed E-state index contributed by atoms with van der Waals surface area (Å²) in [5.74, 6) is -0.0448. The SMILES string of the molecule is CC(CNc1ncc(C(=O)O)c(CCCc2cn(C)c3ccccc23)n1)Oc1ccccc1Cl. The topological polar surface area (TPSA) is 89.3 Å². The number of anilines is 1. The molecule has 4 aromatic rings. The smallest absolute Gasteiger partial charge is 0.339 e. The molecule has 0 bridgehead atoms. The first-order valence-electron chi connectivity index (χ1n) is 11.2. The van der Waals surface area contributed by atoms with Gasteiger partial charge in [-0.2, -0.15) is 0 Å². The van der Waals surface area contributed by atoms with E-state index in [0.717, 1.165) is 12.8 Å². The molecule has 2 N–H and O–H groups in total. The maximum Gasteiger partial charge on any atom is 0.339 e. The molecule has 1 atom stereocenters. The number of carboxylic acid groups (broad SMARTS) is 1. The maximum absolute atomic E-state index is 11.7. The van der Waals surface area contributed by atoms with Crippen molar-refractivity contribution >= 4 is 34.4 Å². The Hall–Kier alpha value is -3.58. The molecule has 7 nitrogen and oxygen atoms in total. The highest BCUT2D eigenvalue weighted by atomic mass is 35.5. The van der Waals surface area contributed by atoms with Crippen molar-refractivity contribution in [3.8, 4) is 5.75 Å². The lowest BCUT2D eigenvalue weighted by Crippen LogP contribution is -2.24. The van der Waals surface area contributed by atoms with Crippen LogP contribution in [0.15, 0.2) is 60.9 Å². The van der Waals surface area contributed by atoms with E-state index in [4.69, 9.17) is 16.3 Å². The van der Waals surface area contributed by atoms with E-state index in [0.29, 0.717) is 35.4 Å². The van der Waals surface area contributed by atoms with E-state index >= 15 is 0 Å². The van der Waals surface area contributed by atoms with Crippen LogP contribution in [0.5, 0.6) is 5.75 Å². The van der Waals surface area contributed by atoms with Gasteiger partial charge in [0.2, 0.25) is 5.95 Å². The lowest BCUT2D eigenvalue weighted by Gasteiger charge is -2.16. The molecular formula is C26H27ClN4O3. The number of nitrogens with zero attached hydrogens (tertiary/aromatic N) is 3. The molecule has 8 heteroatoms. The van der Waals surface area contributed by atoms with Gasteiger partial charge in [0, 0.05) is 30.3 Å². The lowest BCUT2D eigenvalue weighted by atomic mass is 10.0. The number of fused-ring (bicyclic) bond motifs is 1. The molecular weight excluding hydrogens is 452 g/mol. The van der Waals surface area contributed by atoms with Crippen LogP contribution in [0.3, 0.4) is 0 Å². The van der Waals surface area contributed by atoms with Gasteiger partial charge in [0.15, 0.2) is 0 Å². The molecule has 0 radical (unpaired) electrons. The van der Waals surface area contributed by atoms with Crippen LogP contribution < -0.4 is 10.1 Å². The molecule has 176 valence electrons. The molecule has 2 aromatic heterocycles. The van der Waals surface area contributed by atoms with E-state index in [2.05, 4.69) is 38.2 Å². The summed E-state index contributed by atoms with van der Waals surface area (Å²) in [4.78, 5) is 20.4. The summed E-state index contributed by atoms with van der Waals surface area (Å²) in [6.07, 6.45) is 5.44. The van der Waals surface area contributed by atoms with Gasteiger partial charge in [0.25, 0.3) is 0 Å². The fourth-order valence-electron chi connectivity index (χ4n) is 3.98. The van der Waals surface area contributed by atoms with Gasteiger partial charge in [-0.1, -0.05) is 41.9 Å². The third kappa shape index (κ3) is 5.48. The number of hydrogen-bond acceptors (Lipinski definition) is 5. The predicted molar refractivity (Wildman–Crippen MR) is 134 cm³/mol. The van der Waals surface area contributed by atoms with Crippen molar-refractivity contribution in [2.45, 2.75) is 32.3 Å². The number of aromatic carboxylic acids is 1. The number of aryl methyl sites for hydroxylation is 3. The quantitative estimate of drug-likeness (QED) is 0.318. The van der Waals surface area contributed by atoms with Crippen LogP contribution in [0.25, 0.3) is 10.9 Å². The zero-order valence-electron chi connectivity index (χ0n) is 19.2. The van der Waals surface area contributed by atoms with E-state index in [1.807, 2.05) is 44.3 Å². The van der Waals surface area contributed by atoms with Crippen molar-refractivity contribution in [1.29, 1.82) is 0 Å². The fourth-order valence-corrected chi connectivity index (χ4v) is 4.16. The van der Waals surface area contributed by atoms with Crippen molar-refractivity contribution in [1.82, 2.24) is 14.5 Å². The zero-order chi connectivity index (χ0) is 24.1. The monoisotopic (exact) mass is 478 g/mol. The fraction of sp³-hybridized carbons (Fsp3) is 0.269. The molecule has 0 aliphatic rings. The van der Waals surface area contributed by atoms with E-state index in [1.165, 1.54) is 22.7 Å². The summed E-state index contributed by atoms with van der Waals surface area (Å²) in [6.45, 7) is 2.35. The summed E-state index contributed by atoms with van der Waals surface area (Å²) >= 11 is 6.15. The third-order valence-electron chi connectivity index (χ3n) is 5.65. The van der Waals surface area contributed by atoms with Gasteiger partial charge in [-0.05, 0) is 49.9 Å². The van der Waals surface area contributed by atoms with Crippen LogP contribution >= 0.6 is 11.6 Å². The van der Waals surface area contributed by atoms with Gasteiger partial charge in [0.1, 0.15) is 11.9 Å². The van der Waals surface area contributed by atoms with Crippen molar-refractivity contribution < 1.29 is 14.6 Å². The zero-order valence-corrected chi connectivity index (χ0v) is 19.9. The van der Waals surface area contributed by atoms with Crippen LogP contribution in [-0.2, 0) is 19.9 Å². The van der Waals surface area contributed by atoms with Crippen molar-refractivity contribution in [2.75, 3.05) is 11.9 Å². The largest absolute Gasteiger partial charge is 0.487 e. The Labute approximate surface area is 203 Å². The lowest BCUT2D eigenvalue weighted by molar-refractivity contribution is 0.0694. The predicted octanol–water partition coefficient (Wildman–Crippen LogP) is 5.37. The number of aromatic nitrogens is 3. The van der Waals surface area contributed by atoms with Gasteiger partial charge < -0.3 is 19.7 Å². The summed E-state index contributed by atoms with van der Waals surface area (Å²) in [6, 6.07) is 15.6. The Morgan fingerprint density at radius 3 is 2.74 bits per heavy atom. The minimum Gasteiger partial charge on any atom is -0.487 e. The highest BCUT2D eigenvalue weighted by Crippen LogP contribution is 2.25. The van der Waals surface area contributed by atoms with Gasteiger partial charge >= 0.3 is 5.97 Å². The maximum atomic E-state index is 11.7. The molecule has 34 heavy (non-hydrogen) atoms. The van der Waals surface area contributed by atoms with Crippen molar-refractivity contribution in [3.63, 3.8) is 0 Å². The highest BCUT2D eigenvalue weighted by molar-refractivity contribution is 6.32. The number of ether oxygens (including phenoxy) is 1. The normalized spacial score (nSPS) is 12.0. The van der Waals surface area contributed by atoms with E-state index in [1.54, 1.807) is 6.07 Å². The number of carboxylic acids is 1. The molecule has 0 saturated carbocycles. The number of rotatable bonds is 10. The minimum atomic E-state index is -1.03. The number of carbonyl (C=O) groups is 1. The molecule has 0 saturated heterocycles. The summed E-state index contributed by atoms with van der Waals surface area (Å²) in [5, 5.41) is 14.5. The van der Waals surface area contributed by atoms with Crippen LogP contribution in [0.4, 0.5) is 5.95 Å². The Morgan fingerprint density at radius 1 is 1.18 bits per heavy atom. The molecule has 1 unspecified atom stereocenters. The van der Waals surface area contributed by atoms with Crippen LogP contribution in [-0.4, -0.2) is 38.3 Å². The number of para-hydroxylation sites is 2. The first-order chi connectivity index (χ1) is 16.4. The summed E-state index contributed by atoms with van der Waals surface area (Å²) in [5.41, 5.74) is 3.08. The molecule has 2 heterocycles.